The van der Waals surface area contributed by atoms with Gasteiger partial charge in [0.1, 0.15) is 12.0 Å². The van der Waals surface area contributed by atoms with Crippen LogP contribution < -0.4 is 5.32 Å². The van der Waals surface area contributed by atoms with Gasteiger partial charge in [-0.15, -0.1) is 0 Å². The van der Waals surface area contributed by atoms with Gasteiger partial charge in [0.15, 0.2) is 0 Å². The van der Waals surface area contributed by atoms with Crippen LogP contribution in [0.2, 0.25) is 0 Å². The van der Waals surface area contributed by atoms with E-state index in [9.17, 15) is 14.9 Å². The highest BCUT2D eigenvalue weighted by atomic mass is 16.6. The minimum absolute atomic E-state index is 0.00217. The number of amides is 1. The number of aromatic nitrogens is 3. The molecule has 2 aromatic rings. The van der Waals surface area contributed by atoms with Crippen molar-refractivity contribution in [1.82, 2.24) is 15.0 Å². The highest BCUT2D eigenvalue weighted by molar-refractivity contribution is 6.00. The quantitative estimate of drug-likeness (QED) is 0.638. The molecular weight excluding hydrogens is 238 g/mol. The average Bonchev–Trinajstić information content (AvgIpc) is 2.40. The van der Waals surface area contributed by atoms with Gasteiger partial charge in [0.25, 0.3) is 11.6 Å². The molecule has 0 saturated carbocycles. The van der Waals surface area contributed by atoms with Crippen LogP contribution in [0, 0.1) is 10.1 Å². The molecule has 8 heteroatoms. The third kappa shape index (κ3) is 2.61. The molecule has 0 fully saturated rings. The van der Waals surface area contributed by atoms with Crippen LogP contribution in [0.3, 0.4) is 0 Å². The first kappa shape index (κ1) is 11.6. The molecular formula is C10H7N5O3. The summed E-state index contributed by atoms with van der Waals surface area (Å²) in [6, 6.07) is 4.16. The average molecular weight is 245 g/mol. The Morgan fingerprint density at radius 2 is 1.94 bits per heavy atom. The monoisotopic (exact) mass is 245 g/mol. The van der Waals surface area contributed by atoms with Crippen molar-refractivity contribution in [3.05, 3.63) is 52.7 Å². The van der Waals surface area contributed by atoms with E-state index in [4.69, 9.17) is 0 Å². The summed E-state index contributed by atoms with van der Waals surface area (Å²) in [6.45, 7) is 0. The number of carbonyl (C=O) groups excluding carboxylic acids is 1. The van der Waals surface area contributed by atoms with E-state index >= 15 is 0 Å². The van der Waals surface area contributed by atoms with Crippen molar-refractivity contribution in [1.29, 1.82) is 0 Å². The first-order chi connectivity index (χ1) is 8.66. The van der Waals surface area contributed by atoms with E-state index in [1.54, 1.807) is 6.07 Å². The summed E-state index contributed by atoms with van der Waals surface area (Å²) in [6.07, 6.45) is 3.93. The third-order valence-corrected chi connectivity index (χ3v) is 1.97. The summed E-state index contributed by atoms with van der Waals surface area (Å²) in [5.74, 6) is -0.340. The molecule has 2 heterocycles. The summed E-state index contributed by atoms with van der Waals surface area (Å²) in [5, 5.41) is 12.8. The molecule has 0 aliphatic carbocycles. The lowest BCUT2D eigenvalue weighted by molar-refractivity contribution is -0.385. The predicted molar refractivity (Wildman–Crippen MR) is 60.9 cm³/mol. The van der Waals surface area contributed by atoms with Gasteiger partial charge in [0, 0.05) is 18.5 Å². The number of nitrogens with zero attached hydrogens (tertiary/aromatic N) is 4. The maximum atomic E-state index is 11.6. The molecule has 2 aromatic heterocycles. The Kier molecular flexibility index (Phi) is 3.19. The second-order valence-electron chi connectivity index (χ2n) is 3.19. The molecule has 2 rings (SSSR count). The van der Waals surface area contributed by atoms with E-state index in [1.807, 2.05) is 0 Å². The van der Waals surface area contributed by atoms with Crippen molar-refractivity contribution in [3.8, 4) is 0 Å². The maximum absolute atomic E-state index is 11.6. The van der Waals surface area contributed by atoms with Gasteiger partial charge in [-0.1, -0.05) is 0 Å². The van der Waals surface area contributed by atoms with Crippen LogP contribution >= 0.6 is 0 Å². The fourth-order valence-corrected chi connectivity index (χ4v) is 1.16. The Balaban J connectivity index is 2.10. The van der Waals surface area contributed by atoms with Crippen molar-refractivity contribution in [2.45, 2.75) is 0 Å². The fourth-order valence-electron chi connectivity index (χ4n) is 1.16. The van der Waals surface area contributed by atoms with Crippen LogP contribution in [0.4, 0.5) is 11.5 Å². The summed E-state index contributed by atoms with van der Waals surface area (Å²) < 4.78 is 0. The van der Waals surface area contributed by atoms with Gasteiger partial charge in [0.05, 0.1) is 4.92 Å². The normalized spacial score (nSPS) is 9.78. The summed E-state index contributed by atoms with van der Waals surface area (Å²) in [5.41, 5.74) is -0.149. The van der Waals surface area contributed by atoms with Gasteiger partial charge in [-0.3, -0.25) is 14.9 Å². The highest BCUT2D eigenvalue weighted by Crippen LogP contribution is 2.11. The molecule has 1 N–H and O–H groups in total. The van der Waals surface area contributed by atoms with Crippen molar-refractivity contribution in [3.63, 3.8) is 0 Å². The Labute approximate surface area is 101 Å². The number of pyridine rings is 1. The number of anilines is 1. The van der Waals surface area contributed by atoms with E-state index < -0.39 is 10.8 Å². The lowest BCUT2D eigenvalue weighted by Crippen LogP contribution is -2.15. The molecule has 0 aliphatic rings. The van der Waals surface area contributed by atoms with Crippen LogP contribution in [0.5, 0.6) is 0 Å². The van der Waals surface area contributed by atoms with Gasteiger partial charge >= 0.3 is 0 Å². The summed E-state index contributed by atoms with van der Waals surface area (Å²) >= 11 is 0. The fraction of sp³-hybridized carbons (Fsp3) is 0. The third-order valence-electron chi connectivity index (χ3n) is 1.97. The van der Waals surface area contributed by atoms with Crippen LogP contribution in [0.15, 0.2) is 36.8 Å². The first-order valence-corrected chi connectivity index (χ1v) is 4.85. The molecule has 0 bridgehead atoms. The molecule has 1 amide bonds. The lowest BCUT2D eigenvalue weighted by Gasteiger charge is -2.01. The maximum Gasteiger partial charge on any atom is 0.294 e. The zero-order valence-corrected chi connectivity index (χ0v) is 8.98. The Morgan fingerprint density at radius 3 is 2.50 bits per heavy atom. The van der Waals surface area contributed by atoms with Gasteiger partial charge in [0.2, 0.25) is 5.82 Å². The molecule has 0 radical (unpaired) electrons. The number of nitrogens with one attached hydrogen (secondary N) is 1. The molecule has 18 heavy (non-hydrogen) atoms. The second kappa shape index (κ2) is 4.95. The predicted octanol–water partition coefficient (Wildman–Crippen LogP) is 1.03. The molecule has 0 spiro atoms. The number of carbonyl (C=O) groups is 1. The zero-order valence-electron chi connectivity index (χ0n) is 8.98. The van der Waals surface area contributed by atoms with E-state index in [-0.39, 0.29) is 17.3 Å². The molecule has 0 atom stereocenters. The van der Waals surface area contributed by atoms with Gasteiger partial charge in [-0.05, 0) is 12.1 Å². The van der Waals surface area contributed by atoms with E-state index in [0.717, 1.165) is 6.20 Å². The van der Waals surface area contributed by atoms with Crippen LogP contribution in [0.25, 0.3) is 0 Å². The van der Waals surface area contributed by atoms with Crippen LogP contribution in [-0.4, -0.2) is 25.8 Å². The van der Waals surface area contributed by atoms with Crippen molar-refractivity contribution >= 4 is 17.4 Å². The van der Waals surface area contributed by atoms with Crippen LogP contribution in [-0.2, 0) is 0 Å². The Hall–Kier alpha value is -2.90. The van der Waals surface area contributed by atoms with Gasteiger partial charge < -0.3 is 5.32 Å². The molecule has 0 aliphatic heterocycles. The van der Waals surface area contributed by atoms with Crippen LogP contribution in [0.1, 0.15) is 10.6 Å². The Bertz CT molecular complexity index is 570. The minimum Gasteiger partial charge on any atom is -0.304 e. The molecule has 0 unspecified atom stereocenters. The van der Waals surface area contributed by atoms with E-state index in [1.165, 1.54) is 24.5 Å². The summed E-state index contributed by atoms with van der Waals surface area (Å²) in [7, 11) is 0. The standard InChI is InChI=1S/C10H7N5O3/c16-10(9-11-4-1-5-12-9)14-8-3-2-7(6-13-8)15(17)18/h1-6H,(H,13,14,16). The molecule has 0 aromatic carbocycles. The highest BCUT2D eigenvalue weighted by Gasteiger charge is 2.10. The van der Waals surface area contributed by atoms with Gasteiger partial charge in [-0.25, -0.2) is 15.0 Å². The molecule has 90 valence electrons. The largest absolute Gasteiger partial charge is 0.304 e. The number of nitro groups is 1. The SMILES string of the molecule is O=C(Nc1ccc([N+](=O)[O-])cn1)c1ncccn1. The summed E-state index contributed by atoms with van der Waals surface area (Å²) in [4.78, 5) is 32.7. The van der Waals surface area contributed by atoms with Gasteiger partial charge in [-0.2, -0.15) is 0 Å². The first-order valence-electron chi connectivity index (χ1n) is 4.85. The zero-order chi connectivity index (χ0) is 13.0. The number of hydrogen-bond acceptors (Lipinski definition) is 6. The minimum atomic E-state index is -0.571. The second-order valence-corrected chi connectivity index (χ2v) is 3.19. The van der Waals surface area contributed by atoms with E-state index in [2.05, 4.69) is 20.3 Å². The molecule has 8 nitrogen and oxygen atoms in total. The Morgan fingerprint density at radius 1 is 1.22 bits per heavy atom. The van der Waals surface area contributed by atoms with Crippen molar-refractivity contribution < 1.29 is 9.72 Å². The molecule has 0 saturated heterocycles. The number of rotatable bonds is 3. The smallest absolute Gasteiger partial charge is 0.294 e. The topological polar surface area (TPSA) is 111 Å². The van der Waals surface area contributed by atoms with E-state index in [0.29, 0.717) is 0 Å². The number of hydrogen-bond donors (Lipinski definition) is 1. The van der Waals surface area contributed by atoms with Crippen molar-refractivity contribution in [2.75, 3.05) is 5.32 Å². The van der Waals surface area contributed by atoms with Crippen molar-refractivity contribution in [2.24, 2.45) is 0 Å². The lowest BCUT2D eigenvalue weighted by atomic mass is 10.4.